The molecule has 0 aliphatic rings. The van der Waals surface area contributed by atoms with Crippen LogP contribution in [0.25, 0.3) is 0 Å². The van der Waals surface area contributed by atoms with Crippen molar-refractivity contribution in [1.82, 2.24) is 5.32 Å². The van der Waals surface area contributed by atoms with E-state index in [9.17, 15) is 9.18 Å². The lowest BCUT2D eigenvalue weighted by Gasteiger charge is -2.05. The van der Waals surface area contributed by atoms with E-state index in [1.54, 1.807) is 18.2 Å². The second kappa shape index (κ2) is 5.96. The Morgan fingerprint density at radius 3 is 2.56 bits per heavy atom. The van der Waals surface area contributed by atoms with Gasteiger partial charge in [-0.25, -0.2) is 4.39 Å². The fourth-order valence-electron chi connectivity index (χ4n) is 1.70. The highest BCUT2D eigenvalue weighted by Crippen LogP contribution is 2.04. The average Bonchev–Trinajstić information content (AvgIpc) is 2.40. The molecule has 0 heterocycles. The fourth-order valence-corrected chi connectivity index (χ4v) is 1.70. The van der Waals surface area contributed by atoms with Crippen molar-refractivity contribution in [2.75, 3.05) is 6.54 Å². The third kappa shape index (κ3) is 3.42. The van der Waals surface area contributed by atoms with Crippen molar-refractivity contribution in [3.05, 3.63) is 71.5 Å². The topological polar surface area (TPSA) is 29.1 Å². The van der Waals surface area contributed by atoms with Crippen LogP contribution in [0.3, 0.4) is 0 Å². The van der Waals surface area contributed by atoms with Gasteiger partial charge >= 0.3 is 0 Å². The van der Waals surface area contributed by atoms with E-state index < -0.39 is 0 Å². The van der Waals surface area contributed by atoms with Gasteiger partial charge in [-0.05, 0) is 36.2 Å². The van der Waals surface area contributed by atoms with E-state index in [0.717, 1.165) is 5.56 Å². The second-order valence-electron chi connectivity index (χ2n) is 4.00. The van der Waals surface area contributed by atoms with Crippen LogP contribution in [0.15, 0.2) is 54.6 Å². The van der Waals surface area contributed by atoms with Crippen LogP contribution in [-0.2, 0) is 6.42 Å². The van der Waals surface area contributed by atoms with Gasteiger partial charge in [0.15, 0.2) is 0 Å². The normalized spacial score (nSPS) is 10.1. The number of nitrogens with one attached hydrogen (secondary N) is 1. The van der Waals surface area contributed by atoms with Gasteiger partial charge in [0, 0.05) is 12.1 Å². The molecule has 0 aromatic heterocycles. The zero-order valence-electron chi connectivity index (χ0n) is 9.90. The third-order valence-corrected chi connectivity index (χ3v) is 2.62. The predicted octanol–water partition coefficient (Wildman–Crippen LogP) is 2.80. The molecule has 2 aromatic rings. The minimum atomic E-state index is -0.248. The quantitative estimate of drug-likeness (QED) is 0.879. The van der Waals surface area contributed by atoms with Gasteiger partial charge in [0.05, 0.1) is 0 Å². The van der Waals surface area contributed by atoms with Crippen molar-refractivity contribution in [1.29, 1.82) is 0 Å². The van der Waals surface area contributed by atoms with Gasteiger partial charge in [-0.1, -0.05) is 30.3 Å². The van der Waals surface area contributed by atoms with E-state index in [1.807, 2.05) is 24.3 Å². The third-order valence-electron chi connectivity index (χ3n) is 2.62. The van der Waals surface area contributed by atoms with Gasteiger partial charge < -0.3 is 5.32 Å². The van der Waals surface area contributed by atoms with E-state index in [4.69, 9.17) is 0 Å². The number of hydrogen-bond donors (Lipinski definition) is 1. The first-order valence-corrected chi connectivity index (χ1v) is 5.83. The largest absolute Gasteiger partial charge is 0.352 e. The number of benzene rings is 2. The maximum absolute atomic E-state index is 12.9. The molecule has 0 aliphatic heterocycles. The van der Waals surface area contributed by atoms with Crippen LogP contribution in [0.4, 0.5) is 4.39 Å². The van der Waals surface area contributed by atoms with Gasteiger partial charge in [0.1, 0.15) is 5.82 Å². The van der Waals surface area contributed by atoms with Crippen LogP contribution >= 0.6 is 0 Å². The summed E-state index contributed by atoms with van der Waals surface area (Å²) >= 11 is 0. The summed E-state index contributed by atoms with van der Waals surface area (Å²) in [6.07, 6.45) is 0.621. The highest BCUT2D eigenvalue weighted by molar-refractivity contribution is 5.94. The molecule has 1 amide bonds. The molecular formula is C15H14FNO. The summed E-state index contributed by atoms with van der Waals surface area (Å²) in [6, 6.07) is 15.4. The fraction of sp³-hybridized carbons (Fsp3) is 0.133. The number of carbonyl (C=O) groups is 1. The first kappa shape index (κ1) is 12.3. The summed E-state index contributed by atoms with van der Waals surface area (Å²) in [5, 5.41) is 2.81. The molecule has 92 valence electrons. The lowest BCUT2D eigenvalue weighted by molar-refractivity contribution is 0.0954. The Bertz CT molecular complexity index is 525. The van der Waals surface area contributed by atoms with Crippen LogP contribution in [-0.4, -0.2) is 12.5 Å². The molecule has 2 rings (SSSR count). The summed E-state index contributed by atoms with van der Waals surface area (Å²) in [5.74, 6) is -0.353. The predicted molar refractivity (Wildman–Crippen MR) is 68.9 cm³/mol. The molecule has 0 bridgehead atoms. The molecular weight excluding hydrogens is 229 g/mol. The molecule has 0 radical (unpaired) electrons. The van der Waals surface area contributed by atoms with Crippen LogP contribution in [0, 0.1) is 5.82 Å². The molecule has 0 atom stereocenters. The first-order valence-electron chi connectivity index (χ1n) is 5.83. The molecule has 0 saturated carbocycles. The van der Waals surface area contributed by atoms with Crippen molar-refractivity contribution in [2.24, 2.45) is 0 Å². The molecule has 0 spiro atoms. The van der Waals surface area contributed by atoms with Gasteiger partial charge in [-0.15, -0.1) is 0 Å². The molecule has 0 unspecified atom stereocenters. The summed E-state index contributed by atoms with van der Waals surface area (Å²) in [6.45, 7) is 0.497. The van der Waals surface area contributed by atoms with Crippen LogP contribution in [0.5, 0.6) is 0 Å². The molecule has 1 N–H and O–H groups in total. The van der Waals surface area contributed by atoms with E-state index in [0.29, 0.717) is 18.5 Å². The SMILES string of the molecule is O=C(NCCc1cccc(F)c1)c1ccccc1. The molecule has 2 nitrogen and oxygen atoms in total. The standard InChI is InChI=1S/C15H14FNO/c16-14-8-4-5-12(11-14)9-10-17-15(18)13-6-2-1-3-7-13/h1-8,11H,9-10H2,(H,17,18). The lowest BCUT2D eigenvalue weighted by Crippen LogP contribution is -2.25. The summed E-state index contributed by atoms with van der Waals surface area (Å²) in [7, 11) is 0. The summed E-state index contributed by atoms with van der Waals surface area (Å²) in [4.78, 5) is 11.7. The van der Waals surface area contributed by atoms with Crippen molar-refractivity contribution < 1.29 is 9.18 Å². The first-order chi connectivity index (χ1) is 8.75. The monoisotopic (exact) mass is 243 g/mol. The minimum absolute atomic E-state index is 0.105. The highest BCUT2D eigenvalue weighted by atomic mass is 19.1. The van der Waals surface area contributed by atoms with Crippen molar-refractivity contribution in [3.63, 3.8) is 0 Å². The number of hydrogen-bond acceptors (Lipinski definition) is 1. The van der Waals surface area contributed by atoms with Gasteiger partial charge in [-0.3, -0.25) is 4.79 Å². The molecule has 18 heavy (non-hydrogen) atoms. The molecule has 0 aliphatic carbocycles. The Balaban J connectivity index is 1.84. The van der Waals surface area contributed by atoms with Gasteiger partial charge in [-0.2, -0.15) is 0 Å². The van der Waals surface area contributed by atoms with Crippen molar-refractivity contribution in [2.45, 2.75) is 6.42 Å². The van der Waals surface area contributed by atoms with Crippen LogP contribution in [0.1, 0.15) is 15.9 Å². The molecule has 0 fully saturated rings. The maximum atomic E-state index is 12.9. The zero-order chi connectivity index (χ0) is 12.8. The Labute approximate surface area is 105 Å². The van der Waals surface area contributed by atoms with E-state index >= 15 is 0 Å². The summed E-state index contributed by atoms with van der Waals surface area (Å²) < 4.78 is 12.9. The number of amides is 1. The number of halogens is 1. The lowest BCUT2D eigenvalue weighted by atomic mass is 10.1. The minimum Gasteiger partial charge on any atom is -0.352 e. The Kier molecular flexibility index (Phi) is 4.07. The molecule has 3 heteroatoms. The van der Waals surface area contributed by atoms with E-state index in [2.05, 4.69) is 5.32 Å². The Morgan fingerprint density at radius 1 is 1.06 bits per heavy atom. The van der Waals surface area contributed by atoms with Crippen molar-refractivity contribution in [3.8, 4) is 0 Å². The van der Waals surface area contributed by atoms with E-state index in [-0.39, 0.29) is 11.7 Å². The second-order valence-corrected chi connectivity index (χ2v) is 4.00. The smallest absolute Gasteiger partial charge is 0.251 e. The Morgan fingerprint density at radius 2 is 1.83 bits per heavy atom. The summed E-state index contributed by atoms with van der Waals surface area (Å²) in [5.41, 5.74) is 1.51. The zero-order valence-corrected chi connectivity index (χ0v) is 9.90. The average molecular weight is 243 g/mol. The van der Waals surface area contributed by atoms with Crippen LogP contribution in [0.2, 0.25) is 0 Å². The van der Waals surface area contributed by atoms with Crippen LogP contribution < -0.4 is 5.32 Å². The van der Waals surface area contributed by atoms with Gasteiger partial charge in [0.2, 0.25) is 0 Å². The molecule has 2 aromatic carbocycles. The number of rotatable bonds is 4. The molecule has 0 saturated heterocycles. The van der Waals surface area contributed by atoms with Gasteiger partial charge in [0.25, 0.3) is 5.91 Å². The Hall–Kier alpha value is -2.16. The van der Waals surface area contributed by atoms with E-state index in [1.165, 1.54) is 12.1 Å². The van der Waals surface area contributed by atoms with Crippen molar-refractivity contribution >= 4 is 5.91 Å². The number of carbonyl (C=O) groups excluding carboxylic acids is 1. The maximum Gasteiger partial charge on any atom is 0.251 e. The highest BCUT2D eigenvalue weighted by Gasteiger charge is 2.03.